The third-order valence-electron chi connectivity index (χ3n) is 3.54. The van der Waals surface area contributed by atoms with Gasteiger partial charge in [0.2, 0.25) is 0 Å². The van der Waals surface area contributed by atoms with E-state index in [0.717, 1.165) is 19.4 Å². The molecule has 3 nitrogen and oxygen atoms in total. The summed E-state index contributed by atoms with van der Waals surface area (Å²) in [4.78, 5) is 14.3. The van der Waals surface area contributed by atoms with Crippen molar-refractivity contribution < 1.29 is 4.79 Å². The minimum absolute atomic E-state index is 0.0129. The molecule has 0 aliphatic carbocycles. The molecule has 2 N–H and O–H groups in total. The van der Waals surface area contributed by atoms with Crippen molar-refractivity contribution in [1.82, 2.24) is 4.90 Å². The molecule has 4 heteroatoms. The van der Waals surface area contributed by atoms with E-state index >= 15 is 0 Å². The topological polar surface area (TPSA) is 46.3 Å². The number of nitrogens with zero attached hydrogens (tertiary/aromatic N) is 1. The Morgan fingerprint density at radius 2 is 2.24 bits per heavy atom. The summed E-state index contributed by atoms with van der Waals surface area (Å²) in [5, 5.41) is 0.503. The van der Waals surface area contributed by atoms with Crippen LogP contribution >= 0.6 is 11.6 Å². The zero-order valence-corrected chi connectivity index (χ0v) is 10.7. The van der Waals surface area contributed by atoms with E-state index in [1.54, 1.807) is 12.1 Å². The van der Waals surface area contributed by atoms with Crippen molar-refractivity contribution in [3.05, 3.63) is 34.9 Å². The molecular formula is C13H17ClN2O. The van der Waals surface area contributed by atoms with Gasteiger partial charge in [0, 0.05) is 13.1 Å². The zero-order chi connectivity index (χ0) is 12.5. The predicted molar refractivity (Wildman–Crippen MR) is 69.2 cm³/mol. The van der Waals surface area contributed by atoms with E-state index in [1.165, 1.54) is 0 Å². The average Bonchev–Trinajstić information content (AvgIpc) is 2.72. The van der Waals surface area contributed by atoms with Crippen LogP contribution in [-0.4, -0.2) is 29.4 Å². The molecule has 92 valence electrons. The number of rotatable bonds is 2. The maximum atomic E-state index is 12.4. The summed E-state index contributed by atoms with van der Waals surface area (Å²) >= 11 is 6.06. The normalized spacial score (nSPS) is 24.1. The van der Waals surface area contributed by atoms with Crippen molar-refractivity contribution in [2.24, 2.45) is 5.73 Å². The van der Waals surface area contributed by atoms with Crippen molar-refractivity contribution in [3.8, 4) is 0 Å². The third kappa shape index (κ3) is 2.17. The lowest BCUT2D eigenvalue weighted by Gasteiger charge is -2.34. The van der Waals surface area contributed by atoms with Crippen molar-refractivity contribution in [2.45, 2.75) is 25.3 Å². The van der Waals surface area contributed by atoms with E-state index in [-0.39, 0.29) is 11.4 Å². The number of likely N-dealkylation sites (tertiary alicyclic amines) is 1. The smallest absolute Gasteiger partial charge is 0.255 e. The minimum atomic E-state index is -0.226. The molecule has 1 aromatic rings. The number of carbonyl (C=O) groups excluding carboxylic acids is 1. The Hall–Kier alpha value is -1.06. The summed E-state index contributed by atoms with van der Waals surface area (Å²) in [6, 6.07) is 7.16. The fourth-order valence-electron chi connectivity index (χ4n) is 2.36. The van der Waals surface area contributed by atoms with Gasteiger partial charge in [-0.2, -0.15) is 0 Å². The molecule has 1 amide bonds. The molecule has 1 fully saturated rings. The number of benzene rings is 1. The van der Waals surface area contributed by atoms with Crippen LogP contribution in [0.5, 0.6) is 0 Å². The summed E-state index contributed by atoms with van der Waals surface area (Å²) in [5.41, 5.74) is 6.13. The third-order valence-corrected chi connectivity index (χ3v) is 3.87. The lowest BCUT2D eigenvalue weighted by Crippen LogP contribution is -2.50. The minimum Gasteiger partial charge on any atom is -0.332 e. The van der Waals surface area contributed by atoms with Gasteiger partial charge < -0.3 is 10.6 Å². The fourth-order valence-corrected chi connectivity index (χ4v) is 2.58. The first-order chi connectivity index (χ1) is 8.08. The standard InChI is InChI=1S/C13H17ClN2O/c1-13(9-15)7-4-8-16(13)12(17)10-5-2-3-6-11(10)14/h2-3,5-6H,4,7-9,15H2,1H3. The second-order valence-electron chi connectivity index (χ2n) is 4.74. The van der Waals surface area contributed by atoms with Crippen molar-refractivity contribution >= 4 is 17.5 Å². The number of halogens is 1. The summed E-state index contributed by atoms with van der Waals surface area (Å²) < 4.78 is 0. The Morgan fingerprint density at radius 1 is 1.53 bits per heavy atom. The van der Waals surface area contributed by atoms with E-state index in [9.17, 15) is 4.79 Å². The summed E-state index contributed by atoms with van der Waals surface area (Å²) in [6.07, 6.45) is 1.96. The SMILES string of the molecule is CC1(CN)CCCN1C(=O)c1ccccc1Cl. The molecule has 1 aliphatic rings. The van der Waals surface area contributed by atoms with Gasteiger partial charge in [-0.3, -0.25) is 4.79 Å². The van der Waals surface area contributed by atoms with Gasteiger partial charge in [0.15, 0.2) is 0 Å². The van der Waals surface area contributed by atoms with Gasteiger partial charge in [-0.15, -0.1) is 0 Å². The van der Waals surface area contributed by atoms with E-state index in [0.29, 0.717) is 17.1 Å². The Kier molecular flexibility index (Phi) is 3.40. The number of nitrogens with two attached hydrogens (primary N) is 1. The van der Waals surface area contributed by atoms with Gasteiger partial charge in [-0.25, -0.2) is 0 Å². The van der Waals surface area contributed by atoms with Crippen molar-refractivity contribution in [1.29, 1.82) is 0 Å². The zero-order valence-electron chi connectivity index (χ0n) is 9.95. The van der Waals surface area contributed by atoms with Crippen LogP contribution in [-0.2, 0) is 0 Å². The van der Waals surface area contributed by atoms with Crippen LogP contribution < -0.4 is 5.73 Å². The molecule has 0 spiro atoms. The lowest BCUT2D eigenvalue weighted by molar-refractivity contribution is 0.0637. The highest BCUT2D eigenvalue weighted by Gasteiger charge is 2.39. The predicted octanol–water partition coefficient (Wildman–Crippen LogP) is 2.29. The van der Waals surface area contributed by atoms with Crippen LogP contribution in [0.2, 0.25) is 5.02 Å². The molecule has 1 saturated heterocycles. The monoisotopic (exact) mass is 252 g/mol. The average molecular weight is 253 g/mol. The highest BCUT2D eigenvalue weighted by Crippen LogP contribution is 2.30. The lowest BCUT2D eigenvalue weighted by atomic mass is 9.98. The Morgan fingerprint density at radius 3 is 2.88 bits per heavy atom. The molecule has 1 atom stereocenters. The molecule has 1 unspecified atom stereocenters. The molecule has 1 aromatic carbocycles. The Balaban J connectivity index is 2.30. The first-order valence-corrected chi connectivity index (χ1v) is 6.23. The molecule has 0 radical (unpaired) electrons. The fraction of sp³-hybridized carbons (Fsp3) is 0.462. The van der Waals surface area contributed by atoms with Crippen LogP contribution in [0.3, 0.4) is 0 Å². The maximum Gasteiger partial charge on any atom is 0.255 e. The summed E-state index contributed by atoms with van der Waals surface area (Å²) in [5.74, 6) is -0.0129. The molecule has 2 rings (SSSR count). The van der Waals surface area contributed by atoms with E-state index in [4.69, 9.17) is 17.3 Å². The number of amides is 1. The second kappa shape index (κ2) is 4.67. The van der Waals surface area contributed by atoms with Gasteiger partial charge in [0.05, 0.1) is 16.1 Å². The van der Waals surface area contributed by atoms with Crippen LogP contribution in [0.4, 0.5) is 0 Å². The van der Waals surface area contributed by atoms with Crippen LogP contribution in [0.1, 0.15) is 30.1 Å². The number of hydrogen-bond acceptors (Lipinski definition) is 2. The first-order valence-electron chi connectivity index (χ1n) is 5.85. The van der Waals surface area contributed by atoms with Gasteiger partial charge in [-0.05, 0) is 31.9 Å². The van der Waals surface area contributed by atoms with Gasteiger partial charge in [0.25, 0.3) is 5.91 Å². The van der Waals surface area contributed by atoms with Gasteiger partial charge in [0.1, 0.15) is 0 Å². The van der Waals surface area contributed by atoms with Crippen molar-refractivity contribution in [2.75, 3.05) is 13.1 Å². The molecule has 1 heterocycles. The van der Waals surface area contributed by atoms with Crippen molar-refractivity contribution in [3.63, 3.8) is 0 Å². The molecule has 0 saturated carbocycles. The first kappa shape index (κ1) is 12.4. The van der Waals surface area contributed by atoms with Crippen LogP contribution in [0.25, 0.3) is 0 Å². The number of hydrogen-bond donors (Lipinski definition) is 1. The molecule has 0 bridgehead atoms. The summed E-state index contributed by atoms with van der Waals surface area (Å²) in [7, 11) is 0. The van der Waals surface area contributed by atoms with Gasteiger partial charge in [-0.1, -0.05) is 23.7 Å². The molecule has 1 aliphatic heterocycles. The quantitative estimate of drug-likeness (QED) is 0.878. The largest absolute Gasteiger partial charge is 0.332 e. The highest BCUT2D eigenvalue weighted by atomic mass is 35.5. The van der Waals surface area contributed by atoms with Crippen LogP contribution in [0.15, 0.2) is 24.3 Å². The Labute approximate surface area is 107 Å². The maximum absolute atomic E-state index is 12.4. The molecular weight excluding hydrogens is 236 g/mol. The van der Waals surface area contributed by atoms with E-state index in [2.05, 4.69) is 0 Å². The number of carbonyl (C=O) groups is 1. The Bertz CT molecular complexity index is 435. The van der Waals surface area contributed by atoms with Gasteiger partial charge >= 0.3 is 0 Å². The molecule has 0 aromatic heterocycles. The van der Waals surface area contributed by atoms with E-state index < -0.39 is 0 Å². The van der Waals surface area contributed by atoms with E-state index in [1.807, 2.05) is 24.0 Å². The highest BCUT2D eigenvalue weighted by molar-refractivity contribution is 6.33. The second-order valence-corrected chi connectivity index (χ2v) is 5.15. The molecule has 17 heavy (non-hydrogen) atoms. The van der Waals surface area contributed by atoms with Crippen LogP contribution in [0, 0.1) is 0 Å². The summed E-state index contributed by atoms with van der Waals surface area (Å²) in [6.45, 7) is 3.29.